The maximum absolute atomic E-state index is 12.7. The maximum atomic E-state index is 12.7. The van der Waals surface area contributed by atoms with Gasteiger partial charge in [0.1, 0.15) is 5.82 Å². The number of aryl methyl sites for hydroxylation is 1. The lowest BCUT2D eigenvalue weighted by Gasteiger charge is -2.28. The molecule has 1 heterocycles. The van der Waals surface area contributed by atoms with E-state index in [4.69, 9.17) is 4.74 Å². The Labute approximate surface area is 95.8 Å². The van der Waals surface area contributed by atoms with Crippen LogP contribution in [-0.4, -0.2) is 25.3 Å². The third-order valence-electron chi connectivity index (χ3n) is 2.97. The second-order valence-corrected chi connectivity index (χ2v) is 4.41. The molecular weight excluding hydrogens is 205 g/mol. The van der Waals surface area contributed by atoms with E-state index in [1.54, 1.807) is 0 Å². The molecule has 1 N–H and O–H groups in total. The van der Waals surface area contributed by atoms with Gasteiger partial charge in [-0.25, -0.2) is 4.39 Å². The highest BCUT2D eigenvalue weighted by Gasteiger charge is 2.17. The van der Waals surface area contributed by atoms with Gasteiger partial charge in [-0.05, 0) is 37.5 Å². The molecule has 1 aromatic carbocycles. The van der Waals surface area contributed by atoms with Crippen LogP contribution in [0.1, 0.15) is 18.9 Å². The number of halogens is 1. The first-order valence-electron chi connectivity index (χ1n) is 5.83. The third kappa shape index (κ3) is 3.29. The van der Waals surface area contributed by atoms with Gasteiger partial charge in [0, 0.05) is 12.6 Å². The molecule has 0 bridgehead atoms. The first-order chi connectivity index (χ1) is 7.74. The van der Waals surface area contributed by atoms with Gasteiger partial charge in [0.05, 0.1) is 12.7 Å². The van der Waals surface area contributed by atoms with Crippen molar-refractivity contribution in [1.82, 2.24) is 5.32 Å². The first kappa shape index (κ1) is 11.6. The molecule has 1 aliphatic rings. The fraction of sp³-hybridized carbons (Fsp3) is 0.538. The van der Waals surface area contributed by atoms with Gasteiger partial charge in [0.15, 0.2) is 0 Å². The quantitative estimate of drug-likeness (QED) is 0.847. The summed E-state index contributed by atoms with van der Waals surface area (Å²) in [6.07, 6.45) is 2.33. The lowest BCUT2D eigenvalue weighted by Crippen LogP contribution is -2.45. The van der Waals surface area contributed by atoms with Gasteiger partial charge in [-0.1, -0.05) is 12.1 Å². The fourth-order valence-electron chi connectivity index (χ4n) is 1.91. The minimum absolute atomic E-state index is 0.170. The van der Waals surface area contributed by atoms with E-state index in [1.807, 2.05) is 12.1 Å². The van der Waals surface area contributed by atoms with Crippen LogP contribution in [0.3, 0.4) is 0 Å². The highest BCUT2D eigenvalue weighted by Crippen LogP contribution is 2.10. The van der Waals surface area contributed by atoms with Crippen LogP contribution in [0, 0.1) is 5.82 Å². The van der Waals surface area contributed by atoms with E-state index >= 15 is 0 Å². The average molecular weight is 223 g/mol. The van der Waals surface area contributed by atoms with Gasteiger partial charge >= 0.3 is 0 Å². The molecule has 2 unspecified atom stereocenters. The summed E-state index contributed by atoms with van der Waals surface area (Å²) in [4.78, 5) is 0. The van der Waals surface area contributed by atoms with Crippen molar-refractivity contribution in [3.63, 3.8) is 0 Å². The Balaban J connectivity index is 1.77. The van der Waals surface area contributed by atoms with Crippen molar-refractivity contribution in [1.29, 1.82) is 0 Å². The van der Waals surface area contributed by atoms with Gasteiger partial charge in [0.25, 0.3) is 0 Å². The molecule has 0 aromatic heterocycles. The van der Waals surface area contributed by atoms with Crippen molar-refractivity contribution in [3.05, 3.63) is 35.6 Å². The average Bonchev–Trinajstić information content (AvgIpc) is 2.30. The van der Waals surface area contributed by atoms with Crippen LogP contribution in [-0.2, 0) is 11.2 Å². The first-order valence-corrected chi connectivity index (χ1v) is 5.83. The molecule has 88 valence electrons. The van der Waals surface area contributed by atoms with Crippen molar-refractivity contribution >= 4 is 0 Å². The SMILES string of the molecule is CC1CNC(CCc2ccc(F)cc2)CO1. The van der Waals surface area contributed by atoms with Crippen molar-refractivity contribution in [2.24, 2.45) is 0 Å². The van der Waals surface area contributed by atoms with Crippen LogP contribution in [0.5, 0.6) is 0 Å². The molecule has 0 aliphatic carbocycles. The standard InChI is InChI=1S/C13H18FNO/c1-10-8-15-13(9-16-10)7-4-11-2-5-12(14)6-3-11/h2-3,5-6,10,13,15H,4,7-9H2,1H3. The van der Waals surface area contributed by atoms with E-state index in [2.05, 4.69) is 12.2 Å². The second-order valence-electron chi connectivity index (χ2n) is 4.41. The normalized spacial score (nSPS) is 25.6. The Kier molecular flexibility index (Phi) is 3.91. The van der Waals surface area contributed by atoms with Crippen LogP contribution >= 0.6 is 0 Å². The van der Waals surface area contributed by atoms with Gasteiger partial charge < -0.3 is 10.1 Å². The van der Waals surface area contributed by atoms with E-state index in [9.17, 15) is 4.39 Å². The Bertz CT molecular complexity index is 317. The highest BCUT2D eigenvalue weighted by molar-refractivity contribution is 5.16. The van der Waals surface area contributed by atoms with E-state index in [0.29, 0.717) is 12.1 Å². The summed E-state index contributed by atoms with van der Waals surface area (Å²) < 4.78 is 18.3. The summed E-state index contributed by atoms with van der Waals surface area (Å²) >= 11 is 0. The predicted molar refractivity (Wildman–Crippen MR) is 61.9 cm³/mol. The molecule has 1 aliphatic heterocycles. The molecular formula is C13H18FNO. The van der Waals surface area contributed by atoms with Gasteiger partial charge in [0.2, 0.25) is 0 Å². The summed E-state index contributed by atoms with van der Waals surface area (Å²) in [7, 11) is 0. The number of morpholine rings is 1. The Morgan fingerprint density at radius 1 is 1.38 bits per heavy atom. The summed E-state index contributed by atoms with van der Waals surface area (Å²) in [5.41, 5.74) is 1.18. The van der Waals surface area contributed by atoms with Crippen LogP contribution in [0.4, 0.5) is 4.39 Å². The zero-order valence-corrected chi connectivity index (χ0v) is 9.58. The molecule has 0 radical (unpaired) electrons. The van der Waals surface area contributed by atoms with E-state index in [-0.39, 0.29) is 5.82 Å². The van der Waals surface area contributed by atoms with Crippen LogP contribution in [0.25, 0.3) is 0 Å². The number of hydrogen-bond acceptors (Lipinski definition) is 2. The zero-order chi connectivity index (χ0) is 11.4. The third-order valence-corrected chi connectivity index (χ3v) is 2.97. The Hall–Kier alpha value is -0.930. The van der Waals surface area contributed by atoms with Gasteiger partial charge in [-0.3, -0.25) is 0 Å². The second kappa shape index (κ2) is 5.41. The smallest absolute Gasteiger partial charge is 0.123 e. The number of nitrogens with one attached hydrogen (secondary N) is 1. The van der Waals surface area contributed by atoms with Gasteiger partial charge in [-0.2, -0.15) is 0 Å². The summed E-state index contributed by atoms with van der Waals surface area (Å²) in [5, 5.41) is 3.45. The number of ether oxygens (including phenoxy) is 1. The molecule has 0 spiro atoms. The van der Waals surface area contributed by atoms with E-state index in [1.165, 1.54) is 17.7 Å². The largest absolute Gasteiger partial charge is 0.376 e. The number of benzene rings is 1. The molecule has 2 nitrogen and oxygen atoms in total. The predicted octanol–water partition coefficient (Wildman–Crippen LogP) is 2.14. The topological polar surface area (TPSA) is 21.3 Å². The lowest BCUT2D eigenvalue weighted by atomic mass is 10.0. The zero-order valence-electron chi connectivity index (χ0n) is 9.58. The summed E-state index contributed by atoms with van der Waals surface area (Å²) in [6.45, 7) is 3.78. The molecule has 2 rings (SSSR count). The molecule has 1 fully saturated rings. The minimum Gasteiger partial charge on any atom is -0.376 e. The van der Waals surface area contributed by atoms with Crippen LogP contribution < -0.4 is 5.32 Å². The van der Waals surface area contributed by atoms with Crippen molar-refractivity contribution < 1.29 is 9.13 Å². The summed E-state index contributed by atoms with van der Waals surface area (Å²) in [6, 6.07) is 7.16. The van der Waals surface area contributed by atoms with Crippen molar-refractivity contribution in [3.8, 4) is 0 Å². The van der Waals surface area contributed by atoms with Crippen molar-refractivity contribution in [2.75, 3.05) is 13.2 Å². The van der Waals surface area contributed by atoms with E-state index in [0.717, 1.165) is 26.0 Å². The van der Waals surface area contributed by atoms with E-state index < -0.39 is 0 Å². The molecule has 1 aromatic rings. The minimum atomic E-state index is -0.170. The molecule has 0 amide bonds. The molecule has 1 saturated heterocycles. The molecule has 16 heavy (non-hydrogen) atoms. The van der Waals surface area contributed by atoms with Crippen molar-refractivity contribution in [2.45, 2.75) is 31.9 Å². The van der Waals surface area contributed by atoms with Crippen LogP contribution in [0.2, 0.25) is 0 Å². The van der Waals surface area contributed by atoms with Gasteiger partial charge in [-0.15, -0.1) is 0 Å². The summed E-state index contributed by atoms with van der Waals surface area (Å²) in [5.74, 6) is -0.170. The number of hydrogen-bond donors (Lipinski definition) is 1. The highest BCUT2D eigenvalue weighted by atomic mass is 19.1. The molecule has 0 saturated carbocycles. The molecule has 3 heteroatoms. The Morgan fingerprint density at radius 3 is 2.75 bits per heavy atom. The number of rotatable bonds is 3. The Morgan fingerprint density at radius 2 is 2.12 bits per heavy atom. The van der Waals surface area contributed by atoms with Crippen LogP contribution in [0.15, 0.2) is 24.3 Å². The fourth-order valence-corrected chi connectivity index (χ4v) is 1.91. The lowest BCUT2D eigenvalue weighted by molar-refractivity contribution is 0.0136. The molecule has 2 atom stereocenters. The monoisotopic (exact) mass is 223 g/mol. The maximum Gasteiger partial charge on any atom is 0.123 e.